The Balaban J connectivity index is 2.60. The van der Waals surface area contributed by atoms with Crippen LogP contribution in [0.5, 0.6) is 0 Å². The smallest absolute Gasteiger partial charge is 0.337 e. The molecule has 0 unspecified atom stereocenters. The van der Waals surface area contributed by atoms with Gasteiger partial charge in [-0.15, -0.1) is 11.8 Å². The maximum Gasteiger partial charge on any atom is 0.337 e. The first-order valence-corrected chi connectivity index (χ1v) is 5.99. The molecule has 0 spiro atoms. The molecule has 0 saturated heterocycles. The Bertz CT molecular complexity index is 438. The number of carboxylic acid groups (broad SMARTS) is 1. The zero-order valence-corrected chi connectivity index (χ0v) is 10.5. The minimum atomic E-state index is -1.08. The van der Waals surface area contributed by atoms with Gasteiger partial charge in [-0.3, -0.25) is 4.79 Å². The van der Waals surface area contributed by atoms with E-state index < -0.39 is 5.97 Å². The van der Waals surface area contributed by atoms with Gasteiger partial charge in [0, 0.05) is 11.9 Å². The van der Waals surface area contributed by atoms with E-state index in [1.807, 2.05) is 0 Å². The Morgan fingerprint density at radius 2 is 2.29 bits per heavy atom. The highest BCUT2D eigenvalue weighted by atomic mass is 35.5. The number of hydrogen-bond donors (Lipinski definition) is 1. The molecule has 0 aromatic carbocycles. The number of hydrogen-bond acceptors (Lipinski definition) is 5. The number of halogens is 1. The van der Waals surface area contributed by atoms with Crippen LogP contribution in [0.15, 0.2) is 17.3 Å². The van der Waals surface area contributed by atoms with E-state index in [-0.39, 0.29) is 23.0 Å². The van der Waals surface area contributed by atoms with Gasteiger partial charge in [0.25, 0.3) is 0 Å². The normalized spacial score (nSPS) is 10.0. The van der Waals surface area contributed by atoms with Crippen molar-refractivity contribution in [3.05, 3.63) is 22.8 Å². The minimum Gasteiger partial charge on any atom is -0.478 e. The number of aromatic nitrogens is 1. The summed E-state index contributed by atoms with van der Waals surface area (Å²) in [5.41, 5.74) is 0.0346. The Labute approximate surface area is 107 Å². The third kappa shape index (κ3) is 4.24. The second-order valence-corrected chi connectivity index (χ2v) is 4.48. The summed E-state index contributed by atoms with van der Waals surface area (Å²) >= 11 is 7.13. The molecule has 1 aromatic heterocycles. The van der Waals surface area contributed by atoms with Crippen LogP contribution in [0.1, 0.15) is 16.8 Å². The molecule has 0 amide bonds. The van der Waals surface area contributed by atoms with E-state index in [9.17, 15) is 9.59 Å². The number of ether oxygens (including phenoxy) is 1. The van der Waals surface area contributed by atoms with E-state index in [0.29, 0.717) is 10.8 Å². The Morgan fingerprint density at radius 3 is 2.82 bits per heavy atom. The number of aromatic carboxylic acids is 1. The minimum absolute atomic E-state index is 0.0346. The first-order valence-electron chi connectivity index (χ1n) is 4.63. The summed E-state index contributed by atoms with van der Waals surface area (Å²) in [5, 5.41) is 9.48. The van der Waals surface area contributed by atoms with Gasteiger partial charge in [-0.2, -0.15) is 0 Å². The van der Waals surface area contributed by atoms with Gasteiger partial charge in [0.05, 0.1) is 24.1 Å². The molecular formula is C10H10ClNO4S. The molecule has 1 N–H and O–H groups in total. The van der Waals surface area contributed by atoms with Gasteiger partial charge in [0.2, 0.25) is 0 Å². The number of esters is 1. The van der Waals surface area contributed by atoms with Crippen LogP contribution in [-0.2, 0) is 9.53 Å². The third-order valence-corrected chi connectivity index (χ3v) is 3.23. The van der Waals surface area contributed by atoms with Crippen molar-refractivity contribution in [1.29, 1.82) is 0 Å². The van der Waals surface area contributed by atoms with Gasteiger partial charge in [-0.25, -0.2) is 9.78 Å². The van der Waals surface area contributed by atoms with Crippen LogP contribution in [-0.4, -0.2) is 34.9 Å². The van der Waals surface area contributed by atoms with E-state index in [2.05, 4.69) is 9.72 Å². The molecule has 0 aliphatic carbocycles. The van der Waals surface area contributed by atoms with Gasteiger partial charge < -0.3 is 9.84 Å². The third-order valence-electron chi connectivity index (χ3n) is 1.83. The highest BCUT2D eigenvalue weighted by molar-refractivity contribution is 7.99. The monoisotopic (exact) mass is 275 g/mol. The zero-order valence-electron chi connectivity index (χ0n) is 8.97. The van der Waals surface area contributed by atoms with Crippen molar-refractivity contribution in [2.45, 2.75) is 11.4 Å². The van der Waals surface area contributed by atoms with E-state index in [0.717, 1.165) is 0 Å². The standard InChI is InChI=1S/C10H10ClNO4S/c1-16-8(13)2-3-17-9-7(11)4-6(5-12-9)10(14)15/h4-5H,2-3H2,1H3,(H,14,15). The molecule has 17 heavy (non-hydrogen) atoms. The van der Waals surface area contributed by atoms with Gasteiger partial charge in [0.15, 0.2) is 0 Å². The predicted molar refractivity (Wildman–Crippen MR) is 63.6 cm³/mol. The van der Waals surface area contributed by atoms with Gasteiger partial charge in [-0.05, 0) is 6.07 Å². The number of carbonyl (C=O) groups excluding carboxylic acids is 1. The van der Waals surface area contributed by atoms with Crippen molar-refractivity contribution in [1.82, 2.24) is 4.98 Å². The predicted octanol–water partition coefficient (Wildman–Crippen LogP) is 2.09. The van der Waals surface area contributed by atoms with E-state index in [4.69, 9.17) is 16.7 Å². The zero-order chi connectivity index (χ0) is 12.8. The number of carbonyl (C=O) groups is 2. The van der Waals surface area contributed by atoms with Crippen LogP contribution < -0.4 is 0 Å². The molecule has 0 aliphatic heterocycles. The molecule has 0 saturated carbocycles. The Kier molecular flexibility index (Phi) is 5.24. The summed E-state index contributed by atoms with van der Waals surface area (Å²) in [5.74, 6) is -0.910. The maximum absolute atomic E-state index is 10.9. The molecule has 0 atom stereocenters. The van der Waals surface area contributed by atoms with Crippen molar-refractivity contribution in [3.63, 3.8) is 0 Å². The Hall–Kier alpha value is -1.27. The lowest BCUT2D eigenvalue weighted by Gasteiger charge is -2.03. The van der Waals surface area contributed by atoms with Crippen LogP contribution >= 0.6 is 23.4 Å². The van der Waals surface area contributed by atoms with E-state index >= 15 is 0 Å². The second-order valence-electron chi connectivity index (χ2n) is 2.99. The molecule has 1 aromatic rings. The molecule has 7 heteroatoms. The summed E-state index contributed by atoms with van der Waals surface area (Å²) in [7, 11) is 1.32. The van der Waals surface area contributed by atoms with Crippen molar-refractivity contribution in [3.8, 4) is 0 Å². The van der Waals surface area contributed by atoms with Crippen LogP contribution in [0.2, 0.25) is 5.02 Å². The molecule has 1 rings (SSSR count). The molecule has 0 bridgehead atoms. The highest BCUT2D eigenvalue weighted by Crippen LogP contribution is 2.26. The summed E-state index contributed by atoms with van der Waals surface area (Å²) in [4.78, 5) is 25.4. The summed E-state index contributed by atoms with van der Waals surface area (Å²) < 4.78 is 4.49. The van der Waals surface area contributed by atoms with Crippen molar-refractivity contribution in [2.75, 3.05) is 12.9 Å². The molecule has 5 nitrogen and oxygen atoms in total. The van der Waals surface area contributed by atoms with E-state index in [1.165, 1.54) is 31.1 Å². The van der Waals surface area contributed by atoms with Crippen LogP contribution in [0, 0.1) is 0 Å². The van der Waals surface area contributed by atoms with Gasteiger partial charge in [0.1, 0.15) is 5.03 Å². The quantitative estimate of drug-likeness (QED) is 0.655. The molecule has 92 valence electrons. The molecule has 0 fully saturated rings. The van der Waals surface area contributed by atoms with Crippen LogP contribution in [0.25, 0.3) is 0 Å². The summed E-state index contributed by atoms with van der Waals surface area (Å²) in [6, 6.07) is 1.33. The fraction of sp³-hybridized carbons (Fsp3) is 0.300. The number of methoxy groups -OCH3 is 1. The van der Waals surface area contributed by atoms with Gasteiger partial charge in [-0.1, -0.05) is 11.6 Å². The molecule has 1 heterocycles. The maximum atomic E-state index is 10.9. The largest absolute Gasteiger partial charge is 0.478 e. The number of rotatable bonds is 5. The fourth-order valence-corrected chi connectivity index (χ4v) is 2.10. The number of pyridine rings is 1. The van der Waals surface area contributed by atoms with E-state index in [1.54, 1.807) is 0 Å². The number of nitrogens with zero attached hydrogens (tertiary/aromatic N) is 1. The first-order chi connectivity index (χ1) is 8.04. The topological polar surface area (TPSA) is 76.5 Å². The fourth-order valence-electron chi connectivity index (χ4n) is 0.982. The number of thioether (sulfide) groups is 1. The number of carboxylic acids is 1. The lowest BCUT2D eigenvalue weighted by Crippen LogP contribution is -2.02. The van der Waals surface area contributed by atoms with Crippen LogP contribution in [0.4, 0.5) is 0 Å². The molecular weight excluding hydrogens is 266 g/mol. The summed E-state index contributed by atoms with van der Waals surface area (Å²) in [6.45, 7) is 0. The van der Waals surface area contributed by atoms with Crippen molar-refractivity contribution >= 4 is 35.3 Å². The highest BCUT2D eigenvalue weighted by Gasteiger charge is 2.09. The SMILES string of the molecule is COC(=O)CCSc1ncc(C(=O)O)cc1Cl. The first kappa shape index (κ1) is 13.8. The average Bonchev–Trinajstić information content (AvgIpc) is 2.30. The average molecular weight is 276 g/mol. The van der Waals surface area contributed by atoms with Crippen LogP contribution in [0.3, 0.4) is 0 Å². The molecule has 0 aliphatic rings. The summed E-state index contributed by atoms with van der Waals surface area (Å²) in [6.07, 6.45) is 1.48. The van der Waals surface area contributed by atoms with Gasteiger partial charge >= 0.3 is 11.9 Å². The Morgan fingerprint density at radius 1 is 1.59 bits per heavy atom. The lowest BCUT2D eigenvalue weighted by molar-refractivity contribution is -0.140. The lowest BCUT2D eigenvalue weighted by atomic mass is 10.3. The van der Waals surface area contributed by atoms with Crippen molar-refractivity contribution < 1.29 is 19.4 Å². The second kappa shape index (κ2) is 6.46. The van der Waals surface area contributed by atoms with Crippen molar-refractivity contribution in [2.24, 2.45) is 0 Å². The molecule has 0 radical (unpaired) electrons.